The molecular formula is C29H28BrClN6O3. The molecule has 0 radical (unpaired) electrons. The van der Waals surface area contributed by atoms with Crippen LogP contribution in [0.15, 0.2) is 52.0 Å². The van der Waals surface area contributed by atoms with E-state index in [1.807, 2.05) is 27.7 Å². The van der Waals surface area contributed by atoms with Gasteiger partial charge in [-0.15, -0.1) is 0 Å². The summed E-state index contributed by atoms with van der Waals surface area (Å²) in [7, 11) is 0. The highest BCUT2D eigenvalue weighted by Gasteiger charge is 2.33. The van der Waals surface area contributed by atoms with Crippen LogP contribution in [-0.4, -0.2) is 47.1 Å². The Morgan fingerprint density at radius 1 is 1.18 bits per heavy atom. The van der Waals surface area contributed by atoms with Crippen LogP contribution < -0.4 is 5.56 Å². The second-order valence-corrected chi connectivity index (χ2v) is 11.7. The van der Waals surface area contributed by atoms with Gasteiger partial charge in [-0.3, -0.25) is 23.9 Å². The fourth-order valence-corrected chi connectivity index (χ4v) is 5.24. The number of hydrogen-bond donors (Lipinski definition) is 1. The second kappa shape index (κ2) is 11.1. The predicted octanol–water partition coefficient (Wildman–Crippen LogP) is 5.56. The zero-order valence-electron chi connectivity index (χ0n) is 22.5. The lowest BCUT2D eigenvalue weighted by molar-refractivity contribution is 0.0653. The van der Waals surface area contributed by atoms with Crippen LogP contribution in [0.25, 0.3) is 17.2 Å². The van der Waals surface area contributed by atoms with E-state index in [1.54, 1.807) is 47.6 Å². The van der Waals surface area contributed by atoms with Gasteiger partial charge in [-0.05, 0) is 72.4 Å². The molecule has 1 unspecified atom stereocenters. The molecule has 1 atom stereocenters. The minimum Gasteiger partial charge on any atom is -0.341 e. The largest absolute Gasteiger partial charge is 0.341 e. The third-order valence-corrected chi connectivity index (χ3v) is 8.07. The quantitative estimate of drug-likeness (QED) is 0.282. The number of rotatable bonds is 6. The van der Waals surface area contributed by atoms with E-state index in [9.17, 15) is 14.4 Å². The van der Waals surface area contributed by atoms with Crippen LogP contribution in [0.5, 0.6) is 0 Å². The number of nitrogens with one attached hydrogen (secondary N) is 1. The number of aromatic amines is 1. The summed E-state index contributed by atoms with van der Waals surface area (Å²) in [5, 5.41) is 0.431. The highest BCUT2D eigenvalue weighted by Crippen LogP contribution is 2.27. The standard InChI is InChI=1S/C29H28BrClN6O3/c1-15(2)9-25(38)27-35-24-14-36(28(39)18-5-7-21(30)22(31)11-18)17(4)10-20(24)29(40)37(27)19-6-8-23(32-13-19)26-33-12-16(3)34-26/h5-8,11-13,15,17H,9-10,14H2,1-4H3,(H,33,34). The number of hydrogen-bond acceptors (Lipinski definition) is 6. The number of Topliss-reactive ketones (excluding diaryl/α,β-unsaturated/α-hetero) is 1. The van der Waals surface area contributed by atoms with Crippen molar-refractivity contribution in [2.45, 2.75) is 53.1 Å². The van der Waals surface area contributed by atoms with E-state index >= 15 is 0 Å². The number of aryl methyl sites for hydroxylation is 1. The Hall–Kier alpha value is -3.63. The van der Waals surface area contributed by atoms with Crippen molar-refractivity contribution in [1.29, 1.82) is 0 Å². The minimum atomic E-state index is -0.328. The number of nitrogens with zero attached hydrogens (tertiary/aromatic N) is 5. The van der Waals surface area contributed by atoms with E-state index in [-0.39, 0.29) is 48.0 Å². The number of carbonyl (C=O) groups excluding carboxylic acids is 2. The molecule has 1 aliphatic rings. The molecule has 40 heavy (non-hydrogen) atoms. The first kappa shape index (κ1) is 27.9. The maximum atomic E-state index is 14.0. The molecule has 1 N–H and O–H groups in total. The van der Waals surface area contributed by atoms with E-state index in [0.29, 0.717) is 49.9 Å². The second-order valence-electron chi connectivity index (χ2n) is 10.5. The maximum absolute atomic E-state index is 14.0. The molecule has 0 bridgehead atoms. The number of fused-ring (bicyclic) bond motifs is 1. The Morgan fingerprint density at radius 3 is 2.58 bits per heavy atom. The number of halogens is 2. The molecule has 206 valence electrons. The first-order valence-electron chi connectivity index (χ1n) is 13.0. The molecule has 9 nitrogen and oxygen atoms in total. The SMILES string of the molecule is Cc1cnc(-c2ccc(-n3c(C(=O)CC(C)C)nc4c(c3=O)CC(C)N(C(=O)c3ccc(Br)c(Cl)c3)C4)cn2)[nH]1. The number of H-pyrrole nitrogens is 1. The number of carbonyl (C=O) groups is 2. The van der Waals surface area contributed by atoms with Gasteiger partial charge in [-0.2, -0.15) is 0 Å². The Balaban J connectivity index is 1.57. The minimum absolute atomic E-state index is 0.0366. The maximum Gasteiger partial charge on any atom is 0.262 e. The molecule has 0 saturated carbocycles. The number of pyridine rings is 1. The van der Waals surface area contributed by atoms with Crippen molar-refractivity contribution in [1.82, 2.24) is 29.4 Å². The van der Waals surface area contributed by atoms with Crippen molar-refractivity contribution in [2.75, 3.05) is 0 Å². The number of benzene rings is 1. The molecule has 0 spiro atoms. The lowest BCUT2D eigenvalue weighted by Gasteiger charge is -2.34. The van der Waals surface area contributed by atoms with Gasteiger partial charge in [0.2, 0.25) is 0 Å². The van der Waals surface area contributed by atoms with Crippen LogP contribution in [0.1, 0.15) is 65.1 Å². The predicted molar refractivity (Wildman–Crippen MR) is 156 cm³/mol. The van der Waals surface area contributed by atoms with E-state index < -0.39 is 0 Å². The highest BCUT2D eigenvalue weighted by molar-refractivity contribution is 9.10. The Morgan fingerprint density at radius 2 is 1.95 bits per heavy atom. The summed E-state index contributed by atoms with van der Waals surface area (Å²) in [4.78, 5) is 59.1. The molecule has 5 rings (SSSR count). The average molecular weight is 624 g/mol. The van der Waals surface area contributed by atoms with Crippen LogP contribution in [0.2, 0.25) is 5.02 Å². The molecule has 1 aliphatic heterocycles. The van der Waals surface area contributed by atoms with Gasteiger partial charge in [0.05, 0.1) is 29.1 Å². The monoisotopic (exact) mass is 622 g/mol. The third-order valence-electron chi connectivity index (χ3n) is 6.84. The first-order valence-corrected chi connectivity index (χ1v) is 14.1. The number of amides is 1. The van der Waals surface area contributed by atoms with Gasteiger partial charge in [0.25, 0.3) is 11.5 Å². The lowest BCUT2D eigenvalue weighted by Crippen LogP contribution is -2.46. The van der Waals surface area contributed by atoms with Crippen molar-refractivity contribution in [3.05, 3.63) is 90.9 Å². The van der Waals surface area contributed by atoms with Crippen molar-refractivity contribution >= 4 is 39.2 Å². The Labute approximate surface area is 244 Å². The summed E-state index contributed by atoms with van der Waals surface area (Å²) in [5.41, 5.74) is 2.98. The lowest BCUT2D eigenvalue weighted by atomic mass is 9.98. The topological polar surface area (TPSA) is 114 Å². The summed E-state index contributed by atoms with van der Waals surface area (Å²) < 4.78 is 2.05. The summed E-state index contributed by atoms with van der Waals surface area (Å²) in [6, 6.07) is 8.25. The summed E-state index contributed by atoms with van der Waals surface area (Å²) in [6.07, 6.45) is 3.78. The molecule has 1 aromatic carbocycles. The summed E-state index contributed by atoms with van der Waals surface area (Å²) >= 11 is 9.58. The summed E-state index contributed by atoms with van der Waals surface area (Å²) in [6.45, 7) is 7.78. The fourth-order valence-electron chi connectivity index (χ4n) is 4.82. The highest BCUT2D eigenvalue weighted by atomic mass is 79.9. The molecule has 3 aromatic heterocycles. The van der Waals surface area contributed by atoms with Gasteiger partial charge < -0.3 is 9.88 Å². The number of ketones is 1. The van der Waals surface area contributed by atoms with E-state index in [0.717, 1.165) is 5.69 Å². The van der Waals surface area contributed by atoms with Crippen molar-refractivity contribution in [2.24, 2.45) is 5.92 Å². The van der Waals surface area contributed by atoms with E-state index in [1.165, 1.54) is 4.57 Å². The average Bonchev–Trinajstić information content (AvgIpc) is 3.35. The normalized spacial score (nSPS) is 14.9. The zero-order valence-corrected chi connectivity index (χ0v) is 24.9. The van der Waals surface area contributed by atoms with Crippen LogP contribution >= 0.6 is 27.5 Å². The van der Waals surface area contributed by atoms with Crippen LogP contribution in [0.4, 0.5) is 0 Å². The van der Waals surface area contributed by atoms with E-state index in [4.69, 9.17) is 16.6 Å². The number of aromatic nitrogens is 5. The van der Waals surface area contributed by atoms with Crippen LogP contribution in [0.3, 0.4) is 0 Å². The molecule has 0 saturated heterocycles. The van der Waals surface area contributed by atoms with Crippen molar-refractivity contribution < 1.29 is 9.59 Å². The molecule has 11 heteroatoms. The van der Waals surface area contributed by atoms with Gasteiger partial charge in [0, 0.05) is 40.0 Å². The van der Waals surface area contributed by atoms with Crippen molar-refractivity contribution in [3.8, 4) is 17.2 Å². The molecular weight excluding hydrogens is 596 g/mol. The molecule has 4 aromatic rings. The number of imidazole rings is 1. The van der Waals surface area contributed by atoms with Crippen molar-refractivity contribution in [3.63, 3.8) is 0 Å². The molecule has 0 fully saturated rings. The van der Waals surface area contributed by atoms with Gasteiger partial charge in [0.1, 0.15) is 5.69 Å². The molecule has 1 amide bonds. The van der Waals surface area contributed by atoms with E-state index in [2.05, 4.69) is 30.9 Å². The van der Waals surface area contributed by atoms with Crippen LogP contribution in [-0.2, 0) is 13.0 Å². The molecule has 4 heterocycles. The van der Waals surface area contributed by atoms with Gasteiger partial charge in [-0.25, -0.2) is 9.97 Å². The van der Waals surface area contributed by atoms with Gasteiger partial charge in [0.15, 0.2) is 17.4 Å². The molecule has 0 aliphatic carbocycles. The Kier molecular flexibility index (Phi) is 7.74. The zero-order chi connectivity index (χ0) is 28.7. The van der Waals surface area contributed by atoms with Gasteiger partial charge in [-0.1, -0.05) is 25.4 Å². The summed E-state index contributed by atoms with van der Waals surface area (Å²) in [5.74, 6) is 0.242. The first-order chi connectivity index (χ1) is 19.0. The third kappa shape index (κ3) is 5.38. The smallest absolute Gasteiger partial charge is 0.262 e. The fraction of sp³-hybridized carbons (Fsp3) is 0.310. The van der Waals surface area contributed by atoms with Gasteiger partial charge >= 0.3 is 0 Å². The Bertz CT molecular complexity index is 1680. The van der Waals surface area contributed by atoms with Crippen LogP contribution in [0, 0.1) is 12.8 Å².